The van der Waals surface area contributed by atoms with E-state index < -0.39 is 17.3 Å². The number of anilines is 1. The van der Waals surface area contributed by atoms with E-state index in [4.69, 9.17) is 5.73 Å². The second-order valence-electron chi connectivity index (χ2n) is 6.42. The lowest BCUT2D eigenvalue weighted by molar-refractivity contribution is 0.0747. The number of likely N-dealkylation sites (tertiary alicyclic amines) is 1. The van der Waals surface area contributed by atoms with Gasteiger partial charge in [-0.05, 0) is 32.2 Å². The Morgan fingerprint density at radius 3 is 2.57 bits per heavy atom. The van der Waals surface area contributed by atoms with Crippen LogP contribution in [-0.4, -0.2) is 38.9 Å². The van der Waals surface area contributed by atoms with Crippen molar-refractivity contribution in [3.8, 4) is 0 Å². The fraction of sp³-hybridized carbons (Fsp3) is 0.688. The molecule has 0 bridgehead atoms. The summed E-state index contributed by atoms with van der Waals surface area (Å²) in [6.07, 6.45) is 3.32. The molecule has 23 heavy (non-hydrogen) atoms. The molecule has 1 aliphatic heterocycles. The van der Waals surface area contributed by atoms with Gasteiger partial charge in [0.2, 0.25) is 0 Å². The number of carbonyl (C=O) groups excluding carboxylic acids is 1. The molecule has 1 aromatic heterocycles. The second kappa shape index (κ2) is 6.70. The number of aromatic nitrogens is 2. The average Bonchev–Trinajstić information content (AvgIpc) is 2.57. The summed E-state index contributed by atoms with van der Waals surface area (Å²) in [5.74, 6) is 0.216. The van der Waals surface area contributed by atoms with Crippen LogP contribution in [-0.2, 0) is 14.1 Å². The van der Waals surface area contributed by atoms with Crippen LogP contribution in [0.3, 0.4) is 0 Å². The molecule has 1 fully saturated rings. The molecular formula is C16H26N4O3. The number of rotatable bonds is 4. The van der Waals surface area contributed by atoms with Crippen LogP contribution < -0.4 is 17.0 Å². The van der Waals surface area contributed by atoms with Crippen molar-refractivity contribution >= 4 is 11.6 Å². The van der Waals surface area contributed by atoms with Gasteiger partial charge in [0.05, 0.1) is 6.04 Å². The Kier molecular flexibility index (Phi) is 5.09. The highest BCUT2D eigenvalue weighted by atomic mass is 16.2. The van der Waals surface area contributed by atoms with E-state index in [1.807, 2.05) is 6.92 Å². The molecule has 2 atom stereocenters. The van der Waals surface area contributed by atoms with Crippen molar-refractivity contribution in [1.29, 1.82) is 0 Å². The third-order valence-electron chi connectivity index (χ3n) is 5.01. The highest BCUT2D eigenvalue weighted by molar-refractivity contribution is 6.03. The standard InChI is InChI=1S/C16H26N4O3/c1-5-11-7-6-8-20(9-11)10(2)13(21)12-14(17)18(3)16(23)19(4)15(12)22/h10-11H,5-9,17H2,1-4H3/t10-,11-/m0/s1. The van der Waals surface area contributed by atoms with Crippen molar-refractivity contribution in [3.05, 3.63) is 26.4 Å². The molecule has 2 rings (SSSR count). The van der Waals surface area contributed by atoms with Crippen LogP contribution in [0, 0.1) is 5.92 Å². The molecule has 0 amide bonds. The monoisotopic (exact) mass is 322 g/mol. The number of ketones is 1. The normalized spacial score (nSPS) is 20.4. The van der Waals surface area contributed by atoms with E-state index in [9.17, 15) is 14.4 Å². The van der Waals surface area contributed by atoms with Crippen LogP contribution in [0.15, 0.2) is 9.59 Å². The smallest absolute Gasteiger partial charge is 0.332 e. The second-order valence-corrected chi connectivity index (χ2v) is 6.42. The molecule has 0 unspecified atom stereocenters. The van der Waals surface area contributed by atoms with Gasteiger partial charge in [0, 0.05) is 20.6 Å². The number of nitrogens with zero attached hydrogens (tertiary/aromatic N) is 3. The minimum atomic E-state index is -0.619. The van der Waals surface area contributed by atoms with E-state index in [1.165, 1.54) is 20.5 Å². The van der Waals surface area contributed by atoms with Crippen LogP contribution in [0.2, 0.25) is 0 Å². The van der Waals surface area contributed by atoms with Gasteiger partial charge in [-0.25, -0.2) is 4.79 Å². The molecule has 0 radical (unpaired) electrons. The fourth-order valence-corrected chi connectivity index (χ4v) is 3.25. The zero-order valence-corrected chi connectivity index (χ0v) is 14.3. The first-order valence-corrected chi connectivity index (χ1v) is 8.13. The van der Waals surface area contributed by atoms with Crippen LogP contribution in [0.5, 0.6) is 0 Å². The number of carbonyl (C=O) groups is 1. The Bertz CT molecular complexity index is 719. The number of hydrogen-bond donors (Lipinski definition) is 1. The Morgan fingerprint density at radius 1 is 1.30 bits per heavy atom. The summed E-state index contributed by atoms with van der Waals surface area (Å²) in [7, 11) is 2.83. The van der Waals surface area contributed by atoms with Gasteiger partial charge in [-0.3, -0.25) is 23.6 Å². The summed E-state index contributed by atoms with van der Waals surface area (Å²) in [5, 5.41) is 0. The molecule has 0 aromatic carbocycles. The van der Waals surface area contributed by atoms with E-state index in [1.54, 1.807) is 0 Å². The van der Waals surface area contributed by atoms with Crippen LogP contribution in [0.4, 0.5) is 5.82 Å². The maximum atomic E-state index is 12.8. The maximum absolute atomic E-state index is 12.8. The van der Waals surface area contributed by atoms with E-state index in [0.29, 0.717) is 5.92 Å². The van der Waals surface area contributed by atoms with Crippen LogP contribution in [0.25, 0.3) is 0 Å². The summed E-state index contributed by atoms with van der Waals surface area (Å²) < 4.78 is 2.08. The minimum absolute atomic E-state index is 0.0565. The van der Waals surface area contributed by atoms with E-state index in [2.05, 4.69) is 11.8 Å². The van der Waals surface area contributed by atoms with Crippen molar-refractivity contribution in [2.45, 2.75) is 39.2 Å². The number of piperidine rings is 1. The van der Waals surface area contributed by atoms with Gasteiger partial charge in [0.25, 0.3) is 5.56 Å². The lowest BCUT2D eigenvalue weighted by Gasteiger charge is -2.35. The topological polar surface area (TPSA) is 90.3 Å². The Labute approximate surface area is 135 Å². The van der Waals surface area contributed by atoms with Gasteiger partial charge in [-0.15, -0.1) is 0 Å². The molecule has 0 saturated carbocycles. The van der Waals surface area contributed by atoms with E-state index >= 15 is 0 Å². The van der Waals surface area contributed by atoms with Crippen molar-refractivity contribution in [2.75, 3.05) is 18.8 Å². The molecule has 7 nitrogen and oxygen atoms in total. The molecule has 2 heterocycles. The van der Waals surface area contributed by atoms with E-state index in [0.717, 1.165) is 35.1 Å². The Balaban J connectivity index is 2.37. The van der Waals surface area contributed by atoms with Gasteiger partial charge >= 0.3 is 5.69 Å². The number of Topliss-reactive ketones (excluding diaryl/α,β-unsaturated/α-hetero) is 1. The van der Waals surface area contributed by atoms with Gasteiger partial charge in [-0.2, -0.15) is 0 Å². The zero-order valence-electron chi connectivity index (χ0n) is 14.3. The minimum Gasteiger partial charge on any atom is -0.384 e. The van der Waals surface area contributed by atoms with Crippen LogP contribution in [0.1, 0.15) is 43.5 Å². The summed E-state index contributed by atoms with van der Waals surface area (Å²) in [4.78, 5) is 39.2. The third-order valence-corrected chi connectivity index (χ3v) is 5.01. The SMILES string of the molecule is CC[C@H]1CCCN([C@@H](C)C(=O)c2c(N)n(C)c(=O)n(C)c2=O)C1. The molecule has 1 aromatic rings. The largest absolute Gasteiger partial charge is 0.384 e. The Morgan fingerprint density at radius 2 is 1.96 bits per heavy atom. The quantitative estimate of drug-likeness (QED) is 0.808. The summed E-state index contributed by atoms with van der Waals surface area (Å²) in [6, 6.07) is -0.420. The van der Waals surface area contributed by atoms with E-state index in [-0.39, 0.29) is 17.2 Å². The van der Waals surface area contributed by atoms with Crippen molar-refractivity contribution in [2.24, 2.45) is 20.0 Å². The lowest BCUT2D eigenvalue weighted by atomic mass is 9.93. The summed E-state index contributed by atoms with van der Waals surface area (Å²) in [5.41, 5.74) is 4.66. The van der Waals surface area contributed by atoms with Crippen LogP contribution >= 0.6 is 0 Å². The average molecular weight is 322 g/mol. The maximum Gasteiger partial charge on any atom is 0.332 e. The number of hydrogen-bond acceptors (Lipinski definition) is 5. The molecule has 128 valence electrons. The lowest BCUT2D eigenvalue weighted by Crippen LogP contribution is -2.48. The molecule has 1 saturated heterocycles. The van der Waals surface area contributed by atoms with Gasteiger partial charge < -0.3 is 5.73 Å². The predicted octanol–water partition coefficient (Wildman–Crippen LogP) is 0.359. The predicted molar refractivity (Wildman–Crippen MR) is 89.7 cm³/mol. The first-order chi connectivity index (χ1) is 10.8. The van der Waals surface area contributed by atoms with Gasteiger partial charge in [0.1, 0.15) is 11.4 Å². The van der Waals surface area contributed by atoms with Gasteiger partial charge in [-0.1, -0.05) is 13.3 Å². The third kappa shape index (κ3) is 3.10. The summed E-state index contributed by atoms with van der Waals surface area (Å²) >= 11 is 0. The first kappa shape index (κ1) is 17.5. The first-order valence-electron chi connectivity index (χ1n) is 8.13. The molecular weight excluding hydrogens is 296 g/mol. The molecule has 1 aliphatic rings. The highest BCUT2D eigenvalue weighted by Gasteiger charge is 2.31. The highest BCUT2D eigenvalue weighted by Crippen LogP contribution is 2.22. The molecule has 0 spiro atoms. The summed E-state index contributed by atoms with van der Waals surface area (Å²) in [6.45, 7) is 5.66. The molecule has 2 N–H and O–H groups in total. The van der Waals surface area contributed by atoms with Gasteiger partial charge in [0.15, 0.2) is 5.78 Å². The Hall–Kier alpha value is -1.89. The molecule has 0 aliphatic carbocycles. The van der Waals surface area contributed by atoms with Crippen molar-refractivity contribution in [1.82, 2.24) is 14.0 Å². The zero-order chi connectivity index (χ0) is 17.3. The fourth-order valence-electron chi connectivity index (χ4n) is 3.25. The molecule has 7 heteroatoms. The van der Waals surface area contributed by atoms with Crippen molar-refractivity contribution < 1.29 is 4.79 Å². The number of nitrogen functional groups attached to an aromatic ring is 1. The number of nitrogens with two attached hydrogens (primary N) is 1. The van der Waals surface area contributed by atoms with Crippen molar-refractivity contribution in [3.63, 3.8) is 0 Å².